The minimum atomic E-state index is -1.21. The Bertz CT molecular complexity index is 731. The average molecular weight is 339 g/mol. The maximum Gasteiger partial charge on any atom is 0.404 e. The monoisotopic (exact) mass is 338 g/mol. The van der Waals surface area contributed by atoms with Crippen molar-refractivity contribution < 1.29 is 14.3 Å². The highest BCUT2D eigenvalue weighted by Crippen LogP contribution is 2.20. The fourth-order valence-electron chi connectivity index (χ4n) is 1.85. The minimum absolute atomic E-state index is 0.00602. The lowest BCUT2D eigenvalue weighted by Gasteiger charge is -2.19. The Morgan fingerprint density at radius 2 is 2.39 bits per heavy atom. The third-order valence-corrected chi connectivity index (χ3v) is 3.15. The molecular formula is C13H12ClFN6O2. The van der Waals surface area contributed by atoms with Gasteiger partial charge in [-0.3, -0.25) is 4.68 Å². The number of pyridine rings is 1. The zero-order valence-electron chi connectivity index (χ0n) is 11.7. The summed E-state index contributed by atoms with van der Waals surface area (Å²) < 4.78 is 15.5. The molecule has 0 aromatic carbocycles. The predicted octanol–water partition coefficient (Wildman–Crippen LogP) is 1.69. The van der Waals surface area contributed by atoms with Crippen LogP contribution in [0.3, 0.4) is 0 Å². The molecule has 120 valence electrons. The van der Waals surface area contributed by atoms with E-state index in [0.29, 0.717) is 0 Å². The van der Waals surface area contributed by atoms with Crippen LogP contribution in [0.15, 0.2) is 24.5 Å². The van der Waals surface area contributed by atoms with E-state index in [4.69, 9.17) is 22.0 Å². The Morgan fingerprint density at radius 1 is 1.61 bits per heavy atom. The number of halogens is 2. The minimum Gasteiger partial charge on any atom is -0.465 e. The molecule has 0 saturated carbocycles. The zero-order chi connectivity index (χ0) is 16.8. The predicted molar refractivity (Wildman–Crippen MR) is 79.6 cm³/mol. The molecule has 1 amide bonds. The molecule has 0 spiro atoms. The Labute approximate surface area is 135 Å². The number of nitriles is 1. The van der Waals surface area contributed by atoms with E-state index >= 15 is 0 Å². The van der Waals surface area contributed by atoms with Gasteiger partial charge in [-0.1, -0.05) is 11.6 Å². The van der Waals surface area contributed by atoms with Gasteiger partial charge in [0, 0.05) is 18.9 Å². The van der Waals surface area contributed by atoms with Crippen molar-refractivity contribution >= 4 is 23.5 Å². The first kappa shape index (κ1) is 16.5. The van der Waals surface area contributed by atoms with Crippen LogP contribution >= 0.6 is 11.6 Å². The molecule has 0 bridgehead atoms. The van der Waals surface area contributed by atoms with Crippen LogP contribution in [0.2, 0.25) is 5.15 Å². The highest BCUT2D eigenvalue weighted by molar-refractivity contribution is 6.30. The molecule has 0 aliphatic carbocycles. The lowest BCUT2D eigenvalue weighted by molar-refractivity contribution is 0.193. The van der Waals surface area contributed by atoms with Crippen LogP contribution in [0, 0.1) is 17.1 Å². The van der Waals surface area contributed by atoms with Gasteiger partial charge in [0.05, 0.1) is 18.2 Å². The van der Waals surface area contributed by atoms with Gasteiger partial charge in [-0.15, -0.1) is 0 Å². The van der Waals surface area contributed by atoms with Crippen LogP contribution in [0.25, 0.3) is 0 Å². The van der Waals surface area contributed by atoms with E-state index in [0.717, 1.165) is 6.07 Å². The maximum atomic E-state index is 14.0. The van der Waals surface area contributed by atoms with E-state index in [9.17, 15) is 9.18 Å². The number of hydrogen-bond donors (Lipinski definition) is 3. The van der Waals surface area contributed by atoms with Gasteiger partial charge in [0.15, 0.2) is 11.6 Å². The summed E-state index contributed by atoms with van der Waals surface area (Å²) in [6.45, 7) is 0.264. The van der Waals surface area contributed by atoms with Crippen molar-refractivity contribution in [3.05, 3.63) is 41.1 Å². The second-order valence-electron chi connectivity index (χ2n) is 4.52. The van der Waals surface area contributed by atoms with E-state index in [-0.39, 0.29) is 29.6 Å². The molecule has 23 heavy (non-hydrogen) atoms. The van der Waals surface area contributed by atoms with Crippen molar-refractivity contribution in [2.75, 3.05) is 11.9 Å². The summed E-state index contributed by atoms with van der Waals surface area (Å²) in [6, 6.07) is 3.87. The normalized spacial score (nSPS) is 11.5. The SMILES string of the molecule is N#Cc1cc(F)c(N[C@@H](CNC(=O)O)Cn2cccn2)nc1Cl. The fraction of sp³-hybridized carbons (Fsp3) is 0.231. The van der Waals surface area contributed by atoms with E-state index in [1.54, 1.807) is 29.2 Å². The molecule has 2 rings (SSSR count). The highest BCUT2D eigenvalue weighted by Gasteiger charge is 2.16. The summed E-state index contributed by atoms with van der Waals surface area (Å²) in [6.07, 6.45) is 2.05. The van der Waals surface area contributed by atoms with E-state index in [2.05, 4.69) is 20.7 Å². The Balaban J connectivity index is 2.17. The molecule has 3 N–H and O–H groups in total. The number of carboxylic acid groups (broad SMARTS) is 1. The molecule has 0 unspecified atom stereocenters. The largest absolute Gasteiger partial charge is 0.465 e. The van der Waals surface area contributed by atoms with Gasteiger partial charge in [-0.2, -0.15) is 10.4 Å². The van der Waals surface area contributed by atoms with E-state index in [1.807, 2.05) is 0 Å². The Morgan fingerprint density at radius 3 is 3.00 bits per heavy atom. The van der Waals surface area contributed by atoms with Gasteiger partial charge in [0.25, 0.3) is 0 Å². The number of nitrogens with one attached hydrogen (secondary N) is 2. The van der Waals surface area contributed by atoms with Crippen molar-refractivity contribution in [1.29, 1.82) is 5.26 Å². The number of anilines is 1. The molecule has 0 fully saturated rings. The van der Waals surface area contributed by atoms with Gasteiger partial charge < -0.3 is 15.7 Å². The molecular weight excluding hydrogens is 327 g/mol. The molecule has 0 aliphatic rings. The van der Waals surface area contributed by atoms with Crippen molar-refractivity contribution in [3.8, 4) is 6.07 Å². The fourth-order valence-corrected chi connectivity index (χ4v) is 2.03. The summed E-state index contributed by atoms with van der Waals surface area (Å²) in [4.78, 5) is 14.4. The summed E-state index contributed by atoms with van der Waals surface area (Å²) in [7, 11) is 0. The topological polar surface area (TPSA) is 116 Å². The Kier molecular flexibility index (Phi) is 5.32. The van der Waals surface area contributed by atoms with Gasteiger partial charge in [0.2, 0.25) is 0 Å². The van der Waals surface area contributed by atoms with Crippen molar-refractivity contribution in [1.82, 2.24) is 20.1 Å². The van der Waals surface area contributed by atoms with E-state index in [1.165, 1.54) is 0 Å². The third-order valence-electron chi connectivity index (χ3n) is 2.86. The number of hydrogen-bond acceptors (Lipinski definition) is 5. The molecule has 1 atom stereocenters. The van der Waals surface area contributed by atoms with Crippen LogP contribution in [0.1, 0.15) is 5.56 Å². The second kappa shape index (κ2) is 7.42. The molecule has 2 aromatic heterocycles. The lowest BCUT2D eigenvalue weighted by atomic mass is 10.2. The summed E-state index contributed by atoms with van der Waals surface area (Å²) in [5.74, 6) is -0.926. The van der Waals surface area contributed by atoms with Crippen LogP contribution in [-0.2, 0) is 6.54 Å². The van der Waals surface area contributed by atoms with E-state index < -0.39 is 18.0 Å². The van der Waals surface area contributed by atoms with Crippen LogP contribution in [-0.4, -0.2) is 38.6 Å². The van der Waals surface area contributed by atoms with Crippen LogP contribution < -0.4 is 10.6 Å². The lowest BCUT2D eigenvalue weighted by Crippen LogP contribution is -2.39. The maximum absolute atomic E-state index is 14.0. The summed E-state index contributed by atoms with van der Waals surface area (Å²) in [5, 5.41) is 26.3. The molecule has 8 nitrogen and oxygen atoms in total. The summed E-state index contributed by atoms with van der Waals surface area (Å²) >= 11 is 5.79. The second-order valence-corrected chi connectivity index (χ2v) is 4.88. The van der Waals surface area contributed by atoms with Gasteiger partial charge >= 0.3 is 6.09 Å². The summed E-state index contributed by atoms with van der Waals surface area (Å²) in [5.41, 5.74) is -0.0815. The first-order valence-corrected chi connectivity index (χ1v) is 6.84. The first-order valence-electron chi connectivity index (χ1n) is 6.46. The molecule has 2 aromatic rings. The first-order chi connectivity index (χ1) is 11.0. The Hall–Kier alpha value is -2.86. The van der Waals surface area contributed by atoms with Gasteiger partial charge in [-0.05, 0) is 12.1 Å². The molecule has 0 aliphatic heterocycles. The number of rotatable bonds is 6. The average Bonchev–Trinajstić information content (AvgIpc) is 3.01. The quantitative estimate of drug-likeness (QED) is 0.690. The number of carbonyl (C=O) groups is 1. The highest BCUT2D eigenvalue weighted by atomic mass is 35.5. The van der Waals surface area contributed by atoms with Crippen molar-refractivity contribution in [2.24, 2.45) is 0 Å². The number of nitrogens with zero attached hydrogens (tertiary/aromatic N) is 4. The van der Waals surface area contributed by atoms with Gasteiger partial charge in [0.1, 0.15) is 11.2 Å². The van der Waals surface area contributed by atoms with Crippen molar-refractivity contribution in [3.63, 3.8) is 0 Å². The molecule has 2 heterocycles. The van der Waals surface area contributed by atoms with Crippen molar-refractivity contribution in [2.45, 2.75) is 12.6 Å². The van der Waals surface area contributed by atoms with Crippen LogP contribution in [0.5, 0.6) is 0 Å². The smallest absolute Gasteiger partial charge is 0.404 e. The molecule has 0 saturated heterocycles. The zero-order valence-corrected chi connectivity index (χ0v) is 12.5. The standard InChI is InChI=1S/C13H12ClFN6O2/c14-11-8(5-16)4-10(15)12(20-11)19-9(6-17-13(22)23)7-21-3-1-2-18-21/h1-4,9,17H,6-7H2,(H,19,20)(H,22,23)/t9-/m0/s1. The molecule has 0 radical (unpaired) electrons. The van der Waals surface area contributed by atoms with Gasteiger partial charge in [-0.25, -0.2) is 14.2 Å². The third kappa shape index (κ3) is 4.55. The number of amides is 1. The number of aromatic nitrogens is 3. The van der Waals surface area contributed by atoms with Crippen LogP contribution in [0.4, 0.5) is 15.0 Å². The molecule has 10 heteroatoms.